The molecule has 2 aromatic carbocycles. The summed E-state index contributed by atoms with van der Waals surface area (Å²) < 4.78 is 39.8. The molecule has 0 saturated heterocycles. The van der Waals surface area contributed by atoms with Crippen molar-refractivity contribution in [2.45, 2.75) is 25.4 Å². The molecule has 0 radical (unpaired) electrons. The lowest BCUT2D eigenvalue weighted by Gasteiger charge is -2.36. The molecule has 1 heterocycles. The molecule has 0 fully saturated rings. The zero-order valence-corrected chi connectivity index (χ0v) is 19.8. The molecular formula is C25H28O4P2. The third-order valence-electron chi connectivity index (χ3n) is 5.60. The van der Waals surface area contributed by atoms with Crippen molar-refractivity contribution in [1.82, 2.24) is 0 Å². The minimum absolute atomic E-state index is 0.194. The molecule has 162 valence electrons. The SMILES string of the molecule is C=CC(=C)OP(=O)(C(=C)C=C)C(C)(C)CCP1(=O)Oc2ccccc2-c2ccccc21. The summed E-state index contributed by atoms with van der Waals surface area (Å²) in [4.78, 5) is 0. The molecule has 4 nitrogen and oxygen atoms in total. The monoisotopic (exact) mass is 454 g/mol. The Morgan fingerprint density at radius 3 is 2.32 bits per heavy atom. The summed E-state index contributed by atoms with van der Waals surface area (Å²) in [6, 6.07) is 15.1. The molecule has 0 spiro atoms. The molecule has 1 aliphatic rings. The van der Waals surface area contributed by atoms with E-state index in [2.05, 4.69) is 26.3 Å². The lowest BCUT2D eigenvalue weighted by atomic mass is 10.0. The van der Waals surface area contributed by atoms with Crippen LogP contribution in [0.4, 0.5) is 0 Å². The molecule has 2 atom stereocenters. The fourth-order valence-corrected chi connectivity index (χ4v) is 8.61. The van der Waals surface area contributed by atoms with Gasteiger partial charge in [0.15, 0.2) is 0 Å². The Morgan fingerprint density at radius 1 is 1.06 bits per heavy atom. The first-order valence-electron chi connectivity index (χ1n) is 9.98. The summed E-state index contributed by atoms with van der Waals surface area (Å²) in [5, 5.41) is 0.0732. The van der Waals surface area contributed by atoms with Crippen LogP contribution in [-0.2, 0) is 13.7 Å². The van der Waals surface area contributed by atoms with Gasteiger partial charge in [-0.1, -0.05) is 68.8 Å². The topological polar surface area (TPSA) is 52.6 Å². The summed E-state index contributed by atoms with van der Waals surface area (Å²) in [5.41, 5.74) is 1.82. The lowest BCUT2D eigenvalue weighted by Crippen LogP contribution is -2.27. The number of para-hydroxylation sites is 1. The van der Waals surface area contributed by atoms with Crippen molar-refractivity contribution in [3.8, 4) is 16.9 Å². The van der Waals surface area contributed by atoms with Crippen LogP contribution in [0.5, 0.6) is 5.75 Å². The third-order valence-corrected chi connectivity index (χ3v) is 11.3. The number of allylic oxidation sites excluding steroid dienone is 3. The van der Waals surface area contributed by atoms with Crippen molar-refractivity contribution in [2.24, 2.45) is 0 Å². The Bertz CT molecular complexity index is 1160. The van der Waals surface area contributed by atoms with E-state index in [-0.39, 0.29) is 17.2 Å². The number of benzene rings is 2. The number of fused-ring (bicyclic) bond motifs is 3. The Kier molecular flexibility index (Phi) is 6.37. The smallest absolute Gasteiger partial charge is 0.282 e. The summed E-state index contributed by atoms with van der Waals surface area (Å²) in [7, 11) is -6.75. The average Bonchev–Trinajstić information content (AvgIpc) is 2.77. The number of hydrogen-bond acceptors (Lipinski definition) is 4. The Morgan fingerprint density at radius 2 is 1.68 bits per heavy atom. The maximum absolute atomic E-state index is 14.1. The van der Waals surface area contributed by atoms with Crippen molar-refractivity contribution in [2.75, 3.05) is 6.16 Å². The van der Waals surface area contributed by atoms with Gasteiger partial charge in [-0.05, 0) is 44.0 Å². The molecule has 0 N–H and O–H groups in total. The van der Waals surface area contributed by atoms with Crippen molar-refractivity contribution in [1.29, 1.82) is 0 Å². The van der Waals surface area contributed by atoms with E-state index >= 15 is 0 Å². The van der Waals surface area contributed by atoms with Gasteiger partial charge < -0.3 is 9.05 Å². The third kappa shape index (κ3) is 4.15. The standard InChI is InChI=1S/C25H28O4P2/c1-7-19(3)28-31(27,20(4)8-2)25(5,6)17-18-30(26)24-16-12-10-14-22(24)21-13-9-11-15-23(21)29-30/h7-16H,1-4,17-18H2,5-6H3. The van der Waals surface area contributed by atoms with Crippen LogP contribution in [0.3, 0.4) is 0 Å². The van der Waals surface area contributed by atoms with E-state index in [0.29, 0.717) is 17.5 Å². The van der Waals surface area contributed by atoms with Crippen molar-refractivity contribution >= 4 is 20.0 Å². The Hall–Kier alpha value is -2.54. The van der Waals surface area contributed by atoms with Gasteiger partial charge in [-0.2, -0.15) is 0 Å². The minimum Gasteiger partial charge on any atom is -0.440 e. The molecule has 1 aliphatic heterocycles. The van der Waals surface area contributed by atoms with Crippen LogP contribution in [0.2, 0.25) is 0 Å². The lowest BCUT2D eigenvalue weighted by molar-refractivity contribution is 0.390. The molecule has 31 heavy (non-hydrogen) atoms. The fourth-order valence-electron chi connectivity index (χ4n) is 3.60. The molecule has 2 aromatic rings. The molecule has 0 saturated carbocycles. The van der Waals surface area contributed by atoms with Crippen LogP contribution in [0, 0.1) is 0 Å². The fraction of sp³-hybridized carbons (Fsp3) is 0.200. The van der Waals surface area contributed by atoms with E-state index in [1.807, 2.05) is 62.4 Å². The quantitative estimate of drug-likeness (QED) is 0.223. The van der Waals surface area contributed by atoms with Gasteiger partial charge in [0.25, 0.3) is 14.7 Å². The van der Waals surface area contributed by atoms with Crippen LogP contribution in [0.25, 0.3) is 11.1 Å². The van der Waals surface area contributed by atoms with Crippen LogP contribution >= 0.6 is 14.7 Å². The van der Waals surface area contributed by atoms with E-state index in [1.54, 1.807) is 0 Å². The van der Waals surface area contributed by atoms with Crippen LogP contribution in [0.1, 0.15) is 20.3 Å². The van der Waals surface area contributed by atoms with Gasteiger partial charge in [0, 0.05) is 17.0 Å². The van der Waals surface area contributed by atoms with Crippen molar-refractivity contribution in [3.05, 3.63) is 98.1 Å². The van der Waals surface area contributed by atoms with Gasteiger partial charge in [-0.3, -0.25) is 9.13 Å². The maximum Gasteiger partial charge on any atom is 0.282 e. The van der Waals surface area contributed by atoms with Gasteiger partial charge in [0.2, 0.25) is 0 Å². The Labute approximate surface area is 184 Å². The summed E-state index contributed by atoms with van der Waals surface area (Å²) in [5.74, 6) is 0.788. The normalized spacial score (nSPS) is 19.0. The first-order valence-corrected chi connectivity index (χ1v) is 13.4. The minimum atomic E-state index is -3.49. The molecule has 0 aromatic heterocycles. The van der Waals surface area contributed by atoms with E-state index in [1.165, 1.54) is 12.2 Å². The number of hydrogen-bond donors (Lipinski definition) is 0. The zero-order valence-electron chi connectivity index (χ0n) is 18.0. The Balaban J connectivity index is 1.97. The second-order valence-electron chi connectivity index (χ2n) is 8.07. The van der Waals surface area contributed by atoms with E-state index in [4.69, 9.17) is 9.05 Å². The van der Waals surface area contributed by atoms with Gasteiger partial charge in [0.05, 0.1) is 10.5 Å². The van der Waals surface area contributed by atoms with Gasteiger partial charge in [0.1, 0.15) is 11.5 Å². The molecule has 0 amide bonds. The van der Waals surface area contributed by atoms with Crippen molar-refractivity contribution < 1.29 is 18.2 Å². The van der Waals surface area contributed by atoms with Crippen molar-refractivity contribution in [3.63, 3.8) is 0 Å². The molecule has 6 heteroatoms. The zero-order chi connectivity index (χ0) is 22.9. The molecule has 0 bridgehead atoms. The molecular weight excluding hydrogens is 426 g/mol. The number of rotatable bonds is 9. The summed E-state index contributed by atoms with van der Waals surface area (Å²) in [6.07, 6.45) is 3.35. The van der Waals surface area contributed by atoms with Crippen LogP contribution in [0.15, 0.2) is 98.1 Å². The highest BCUT2D eigenvalue weighted by atomic mass is 31.2. The highest BCUT2D eigenvalue weighted by Crippen LogP contribution is 2.68. The predicted octanol–water partition coefficient (Wildman–Crippen LogP) is 7.51. The van der Waals surface area contributed by atoms with Gasteiger partial charge >= 0.3 is 0 Å². The summed E-state index contributed by atoms with van der Waals surface area (Å²) >= 11 is 0. The maximum atomic E-state index is 14.1. The highest BCUT2D eigenvalue weighted by Gasteiger charge is 2.47. The van der Waals surface area contributed by atoms with Crippen LogP contribution < -0.4 is 9.83 Å². The molecule has 3 rings (SSSR count). The average molecular weight is 454 g/mol. The second kappa shape index (κ2) is 8.54. The molecule has 2 unspecified atom stereocenters. The van der Waals surface area contributed by atoms with E-state index < -0.39 is 19.9 Å². The highest BCUT2D eigenvalue weighted by molar-refractivity contribution is 7.68. The van der Waals surface area contributed by atoms with E-state index in [0.717, 1.165) is 11.1 Å². The first kappa shape index (κ1) is 23.1. The van der Waals surface area contributed by atoms with E-state index in [9.17, 15) is 9.13 Å². The first-order chi connectivity index (χ1) is 14.6. The second-order valence-corrected chi connectivity index (χ2v) is 13.6. The van der Waals surface area contributed by atoms with Crippen LogP contribution in [-0.4, -0.2) is 11.3 Å². The molecule has 0 aliphatic carbocycles. The van der Waals surface area contributed by atoms with Gasteiger partial charge in [-0.25, -0.2) is 0 Å². The summed E-state index contributed by atoms with van der Waals surface area (Å²) in [6.45, 7) is 18.6. The largest absolute Gasteiger partial charge is 0.440 e. The van der Waals surface area contributed by atoms with Gasteiger partial charge in [-0.15, -0.1) is 0 Å². The predicted molar refractivity (Wildman–Crippen MR) is 131 cm³/mol.